The van der Waals surface area contributed by atoms with E-state index in [1.165, 1.54) is 6.07 Å². The molecular weight excluding hydrogens is 284 g/mol. The van der Waals surface area contributed by atoms with Crippen LogP contribution in [0.15, 0.2) is 30.8 Å². The predicted octanol–water partition coefficient (Wildman–Crippen LogP) is 2.64. The van der Waals surface area contributed by atoms with Gasteiger partial charge in [0, 0.05) is 11.6 Å². The summed E-state index contributed by atoms with van der Waals surface area (Å²) in [5, 5.41) is 3.34. The van der Waals surface area contributed by atoms with E-state index in [9.17, 15) is 8.78 Å². The number of nitrogens with one attached hydrogen (secondary N) is 3. The molecule has 0 bridgehead atoms. The van der Waals surface area contributed by atoms with E-state index >= 15 is 0 Å². The normalized spacial score (nSPS) is 10.3. The molecular formula is C13H17F2N3OS. The maximum atomic E-state index is 12.3. The molecule has 0 heterocycles. The highest BCUT2D eigenvalue weighted by Gasteiger charge is 2.11. The Balaban J connectivity index is 2.66. The number of benzene rings is 1. The second kappa shape index (κ2) is 7.64. The minimum absolute atomic E-state index is 0.0459. The number of thiocarbonyl (C=S) groups is 1. The number of halogens is 2. The molecule has 0 spiro atoms. The van der Waals surface area contributed by atoms with Crippen LogP contribution in [0.1, 0.15) is 19.4 Å². The fourth-order valence-corrected chi connectivity index (χ4v) is 1.70. The molecule has 0 aromatic heterocycles. The second-order valence-electron chi connectivity index (χ2n) is 4.23. The van der Waals surface area contributed by atoms with E-state index in [4.69, 9.17) is 12.2 Å². The van der Waals surface area contributed by atoms with Crippen molar-refractivity contribution < 1.29 is 13.5 Å². The second-order valence-corrected chi connectivity index (χ2v) is 4.64. The number of ether oxygens (including phenoxy) is 1. The van der Waals surface area contributed by atoms with Gasteiger partial charge in [-0.15, -0.1) is 0 Å². The van der Waals surface area contributed by atoms with Crippen LogP contribution in [0.3, 0.4) is 0 Å². The van der Waals surface area contributed by atoms with E-state index in [-0.39, 0.29) is 11.8 Å². The zero-order valence-corrected chi connectivity index (χ0v) is 12.1. The molecule has 0 saturated carbocycles. The summed E-state index contributed by atoms with van der Waals surface area (Å²) in [6, 6.07) is 6.55. The van der Waals surface area contributed by atoms with Gasteiger partial charge in [0.05, 0.1) is 5.70 Å². The van der Waals surface area contributed by atoms with Crippen LogP contribution in [-0.2, 0) is 0 Å². The molecule has 0 atom stereocenters. The molecule has 1 aromatic rings. The van der Waals surface area contributed by atoms with Crippen LogP contribution in [0.25, 0.3) is 5.70 Å². The maximum Gasteiger partial charge on any atom is 0.387 e. The summed E-state index contributed by atoms with van der Waals surface area (Å²) in [4.78, 5) is 0. The first kappa shape index (κ1) is 16.2. The first-order valence-corrected chi connectivity index (χ1v) is 6.36. The molecule has 0 unspecified atom stereocenters. The Morgan fingerprint density at radius 3 is 2.50 bits per heavy atom. The molecule has 0 aliphatic heterocycles. The van der Waals surface area contributed by atoms with Crippen molar-refractivity contribution in [3.05, 3.63) is 36.4 Å². The third-order valence-corrected chi connectivity index (χ3v) is 2.39. The zero-order chi connectivity index (χ0) is 15.1. The van der Waals surface area contributed by atoms with Crippen molar-refractivity contribution in [2.75, 3.05) is 0 Å². The minimum atomic E-state index is -2.89. The SMILES string of the molecule is C=C(NNC(=S)NC(C)C)c1ccccc1OC(F)F. The molecule has 0 aliphatic carbocycles. The maximum absolute atomic E-state index is 12.3. The van der Waals surface area contributed by atoms with Crippen LogP contribution in [0.2, 0.25) is 0 Å². The summed E-state index contributed by atoms with van der Waals surface area (Å²) < 4.78 is 29.0. The number of alkyl halides is 2. The smallest absolute Gasteiger partial charge is 0.387 e. The first-order valence-electron chi connectivity index (χ1n) is 5.95. The topological polar surface area (TPSA) is 45.3 Å². The van der Waals surface area contributed by atoms with Crippen LogP contribution in [0.4, 0.5) is 8.78 Å². The number of para-hydroxylation sites is 1. The first-order chi connectivity index (χ1) is 9.40. The van der Waals surface area contributed by atoms with Crippen molar-refractivity contribution in [3.8, 4) is 5.75 Å². The molecule has 0 amide bonds. The average Bonchev–Trinajstić information content (AvgIpc) is 2.35. The van der Waals surface area contributed by atoms with Gasteiger partial charge in [-0.2, -0.15) is 8.78 Å². The molecule has 1 rings (SSSR count). The molecule has 4 nitrogen and oxygen atoms in total. The molecule has 1 aromatic carbocycles. The third-order valence-electron chi connectivity index (χ3n) is 2.17. The lowest BCUT2D eigenvalue weighted by molar-refractivity contribution is -0.0500. The van der Waals surface area contributed by atoms with Crippen molar-refractivity contribution in [2.24, 2.45) is 0 Å². The Labute approximate surface area is 122 Å². The standard InChI is InChI=1S/C13H17F2N3OS/c1-8(2)16-13(20)18-17-9(3)10-6-4-5-7-11(10)19-12(14)15/h4-8,12,17H,3H2,1-2H3,(H2,16,18,20). The van der Waals surface area contributed by atoms with Crippen molar-refractivity contribution in [1.82, 2.24) is 16.2 Å². The van der Waals surface area contributed by atoms with Gasteiger partial charge in [-0.05, 0) is 38.2 Å². The van der Waals surface area contributed by atoms with Crippen molar-refractivity contribution in [3.63, 3.8) is 0 Å². The monoisotopic (exact) mass is 301 g/mol. The van der Waals surface area contributed by atoms with Gasteiger partial charge in [-0.3, -0.25) is 10.9 Å². The van der Waals surface area contributed by atoms with Crippen LogP contribution < -0.4 is 20.9 Å². The summed E-state index contributed by atoms with van der Waals surface area (Å²) in [7, 11) is 0. The van der Waals surface area contributed by atoms with Crippen LogP contribution in [0, 0.1) is 0 Å². The summed E-state index contributed by atoms with van der Waals surface area (Å²) >= 11 is 5.02. The Morgan fingerprint density at radius 1 is 1.25 bits per heavy atom. The van der Waals surface area contributed by atoms with Gasteiger partial charge < -0.3 is 10.1 Å². The zero-order valence-electron chi connectivity index (χ0n) is 11.2. The highest BCUT2D eigenvalue weighted by atomic mass is 32.1. The van der Waals surface area contributed by atoms with Gasteiger partial charge in [0.2, 0.25) is 0 Å². The van der Waals surface area contributed by atoms with Gasteiger partial charge in [0.25, 0.3) is 0 Å². The van der Waals surface area contributed by atoms with E-state index in [1.54, 1.807) is 18.2 Å². The summed E-state index contributed by atoms with van der Waals surface area (Å²) in [6.07, 6.45) is 0. The average molecular weight is 301 g/mol. The fraction of sp³-hybridized carbons (Fsp3) is 0.308. The fourth-order valence-electron chi connectivity index (χ4n) is 1.41. The van der Waals surface area contributed by atoms with Crippen molar-refractivity contribution >= 4 is 23.0 Å². The van der Waals surface area contributed by atoms with Gasteiger partial charge in [-0.25, -0.2) is 0 Å². The van der Waals surface area contributed by atoms with E-state index in [1.807, 2.05) is 13.8 Å². The Morgan fingerprint density at radius 2 is 1.90 bits per heavy atom. The number of hydrogen-bond acceptors (Lipinski definition) is 3. The highest BCUT2D eigenvalue weighted by Crippen LogP contribution is 2.24. The number of rotatable bonds is 6. The van der Waals surface area contributed by atoms with Crippen molar-refractivity contribution in [2.45, 2.75) is 26.5 Å². The Bertz CT molecular complexity index is 480. The van der Waals surface area contributed by atoms with E-state index in [0.717, 1.165) is 0 Å². The lowest BCUT2D eigenvalue weighted by Crippen LogP contribution is -2.45. The molecule has 0 fully saturated rings. The van der Waals surface area contributed by atoms with E-state index in [2.05, 4.69) is 27.5 Å². The molecule has 0 radical (unpaired) electrons. The molecule has 20 heavy (non-hydrogen) atoms. The van der Waals surface area contributed by atoms with Crippen LogP contribution in [0.5, 0.6) is 5.75 Å². The summed E-state index contributed by atoms with van der Waals surface area (Å²) in [5.41, 5.74) is 6.26. The third kappa shape index (κ3) is 5.40. The van der Waals surface area contributed by atoms with Crippen LogP contribution >= 0.6 is 12.2 Å². The predicted molar refractivity (Wildman–Crippen MR) is 79.2 cm³/mol. The quantitative estimate of drug-likeness (QED) is 0.557. The summed E-state index contributed by atoms with van der Waals surface area (Å²) in [6.45, 7) is 4.75. The number of hydrazine groups is 1. The molecule has 3 N–H and O–H groups in total. The Hall–Kier alpha value is -1.89. The highest BCUT2D eigenvalue weighted by molar-refractivity contribution is 7.80. The molecule has 0 saturated heterocycles. The Kier molecular flexibility index (Phi) is 6.17. The van der Waals surface area contributed by atoms with Gasteiger partial charge in [-0.1, -0.05) is 18.7 Å². The molecule has 110 valence electrons. The van der Waals surface area contributed by atoms with Crippen LogP contribution in [-0.4, -0.2) is 17.8 Å². The van der Waals surface area contributed by atoms with Gasteiger partial charge in [0.1, 0.15) is 5.75 Å². The van der Waals surface area contributed by atoms with E-state index in [0.29, 0.717) is 16.4 Å². The van der Waals surface area contributed by atoms with Gasteiger partial charge in [0.15, 0.2) is 5.11 Å². The largest absolute Gasteiger partial charge is 0.434 e. The summed E-state index contributed by atoms with van der Waals surface area (Å²) in [5.74, 6) is 0.0459. The van der Waals surface area contributed by atoms with Crippen molar-refractivity contribution in [1.29, 1.82) is 0 Å². The lowest BCUT2D eigenvalue weighted by atomic mass is 10.1. The lowest BCUT2D eigenvalue weighted by Gasteiger charge is -2.17. The minimum Gasteiger partial charge on any atom is -0.434 e. The van der Waals surface area contributed by atoms with E-state index < -0.39 is 6.61 Å². The van der Waals surface area contributed by atoms with Gasteiger partial charge >= 0.3 is 6.61 Å². The molecule has 7 heteroatoms. The molecule has 0 aliphatic rings. The number of hydrogen-bond donors (Lipinski definition) is 3.